The molecule has 0 rings (SSSR count). The van der Waals surface area contributed by atoms with Crippen LogP contribution in [0.2, 0.25) is 0 Å². The summed E-state index contributed by atoms with van der Waals surface area (Å²) in [4.78, 5) is 8.89. The average Bonchev–Trinajstić information content (AvgIpc) is 0.811. The molecular weight excluding hydrogens is 124 g/mol. The Kier molecular flexibility index (Phi) is 24.8. The second-order valence-corrected chi connectivity index (χ2v) is 0.492. The first-order chi connectivity index (χ1) is 1.73. The van der Waals surface area contributed by atoms with Gasteiger partial charge in [-0.2, -0.15) is 0 Å². The Morgan fingerprint density at radius 2 is 1.67 bits per heavy atom. The van der Waals surface area contributed by atoms with Gasteiger partial charge in [0.1, 0.15) is 0 Å². The van der Waals surface area contributed by atoms with Crippen molar-refractivity contribution in [2.75, 3.05) is 0 Å². The summed E-state index contributed by atoms with van der Waals surface area (Å²) >= 11 is 0. The molecule has 0 aliphatic heterocycles. The average molecular weight is 128 g/mol. The van der Waals surface area contributed by atoms with Gasteiger partial charge in [-0.3, -0.25) is 0 Å². The van der Waals surface area contributed by atoms with Crippen molar-refractivity contribution in [2.45, 2.75) is 6.92 Å². The predicted octanol–water partition coefficient (Wildman–Crippen LogP) is -1.42. The van der Waals surface area contributed by atoms with Gasteiger partial charge >= 0.3 is 17.4 Å². The molecule has 0 aromatic carbocycles. The van der Waals surface area contributed by atoms with E-state index in [-0.39, 0.29) is 22.8 Å². The Hall–Kier alpha value is -0.0375. The quantitative estimate of drug-likeness (QED) is 0.401. The Bertz CT molecular complexity index is 31.8. The van der Waals surface area contributed by atoms with E-state index in [1.165, 1.54) is 0 Å². The van der Waals surface area contributed by atoms with Crippen LogP contribution in [0.5, 0.6) is 0 Å². The molecular formula is C2H4CrO3. The zero-order valence-electron chi connectivity index (χ0n) is 3.17. The number of rotatable bonds is 0. The molecule has 0 bridgehead atoms. The molecule has 0 aromatic rings. The number of carboxylic acids is 1. The van der Waals surface area contributed by atoms with Crippen molar-refractivity contribution < 1.29 is 32.7 Å². The number of aliphatic carboxylic acids is 1. The van der Waals surface area contributed by atoms with Gasteiger partial charge in [0.05, 0.1) is 0 Å². The first kappa shape index (κ1) is 16.7. The van der Waals surface area contributed by atoms with Gasteiger partial charge in [0.2, 0.25) is 0 Å². The van der Waals surface area contributed by atoms with E-state index in [0.29, 0.717) is 0 Å². The van der Waals surface area contributed by atoms with Crippen molar-refractivity contribution in [3.05, 3.63) is 0 Å². The van der Waals surface area contributed by atoms with E-state index in [9.17, 15) is 0 Å². The first-order valence-corrected chi connectivity index (χ1v) is 0.908. The van der Waals surface area contributed by atoms with Gasteiger partial charge in [-0.1, -0.05) is 0 Å². The van der Waals surface area contributed by atoms with Crippen LogP contribution in [0.25, 0.3) is 0 Å². The fourth-order valence-corrected chi connectivity index (χ4v) is 0. The van der Waals surface area contributed by atoms with E-state index in [2.05, 4.69) is 0 Å². The predicted molar refractivity (Wildman–Crippen MR) is 12.6 cm³/mol. The summed E-state index contributed by atoms with van der Waals surface area (Å²) in [6.07, 6.45) is 0. The molecule has 3 nitrogen and oxygen atoms in total. The maximum absolute atomic E-state index is 8.89. The van der Waals surface area contributed by atoms with Crippen molar-refractivity contribution in [1.82, 2.24) is 0 Å². The van der Waals surface area contributed by atoms with Gasteiger partial charge < -0.3 is 15.4 Å². The molecule has 0 amide bonds. The van der Waals surface area contributed by atoms with Crippen molar-refractivity contribution in [3.63, 3.8) is 0 Å². The number of carbonyl (C=O) groups excluding carboxylic acids is 1. The monoisotopic (exact) mass is 128 g/mol. The van der Waals surface area contributed by atoms with Gasteiger partial charge in [0.15, 0.2) is 0 Å². The van der Waals surface area contributed by atoms with Gasteiger partial charge in [0, 0.05) is 5.97 Å². The van der Waals surface area contributed by atoms with Crippen molar-refractivity contribution in [3.8, 4) is 0 Å². The maximum Gasteiger partial charge on any atom is 2.00 e. The molecule has 0 unspecified atom stereocenters. The third-order valence-corrected chi connectivity index (χ3v) is 0. The molecule has 0 heterocycles. The largest absolute Gasteiger partial charge is 2.00 e. The summed E-state index contributed by atoms with van der Waals surface area (Å²) in [6.45, 7) is 0.972. The second-order valence-electron chi connectivity index (χ2n) is 0.492. The molecule has 0 atom stereocenters. The van der Waals surface area contributed by atoms with Crippen LogP contribution < -0.4 is 5.11 Å². The van der Waals surface area contributed by atoms with E-state index < -0.39 is 5.97 Å². The molecule has 6 heavy (non-hydrogen) atoms. The Labute approximate surface area is 46.4 Å². The zero-order valence-corrected chi connectivity index (χ0v) is 4.45. The van der Waals surface area contributed by atoms with E-state index in [0.717, 1.165) is 6.92 Å². The first-order valence-electron chi connectivity index (χ1n) is 0.908. The standard InChI is InChI=1S/C2H4O2.Cr.H2O/c1-2(3)4;;/h1H3,(H,3,4);;1H2/q;+2;/p-2. The molecule has 0 saturated carbocycles. The Balaban J connectivity index is -0.0000000450. The minimum absolute atomic E-state index is 0. The summed E-state index contributed by atoms with van der Waals surface area (Å²) in [7, 11) is 0. The van der Waals surface area contributed by atoms with Crippen LogP contribution in [0.3, 0.4) is 0 Å². The third kappa shape index (κ3) is 24700. The van der Waals surface area contributed by atoms with Crippen LogP contribution in [0.1, 0.15) is 6.92 Å². The minimum Gasteiger partial charge on any atom is -0.870 e. The number of carbonyl (C=O) groups is 1. The molecule has 4 heteroatoms. The van der Waals surface area contributed by atoms with E-state index >= 15 is 0 Å². The molecule has 0 fully saturated rings. The normalized spacial score (nSPS) is 4.17. The minimum atomic E-state index is -1.08. The third-order valence-electron chi connectivity index (χ3n) is 0. The number of carboxylic acid groups (broad SMARTS) is 1. The summed E-state index contributed by atoms with van der Waals surface area (Å²) in [5, 5.41) is 8.89. The molecule has 36 valence electrons. The van der Waals surface area contributed by atoms with Crippen LogP contribution in [0.4, 0.5) is 0 Å². The SMILES string of the molecule is CC(=O)[O-].[Cr+2].[OH-]. The van der Waals surface area contributed by atoms with Crippen LogP contribution in [-0.2, 0) is 22.2 Å². The molecule has 1 N–H and O–H groups in total. The van der Waals surface area contributed by atoms with Gasteiger partial charge in [0.25, 0.3) is 0 Å². The van der Waals surface area contributed by atoms with E-state index in [4.69, 9.17) is 9.90 Å². The van der Waals surface area contributed by atoms with Crippen LogP contribution >= 0.6 is 0 Å². The van der Waals surface area contributed by atoms with Gasteiger partial charge in [-0.15, -0.1) is 0 Å². The van der Waals surface area contributed by atoms with Crippen molar-refractivity contribution in [1.29, 1.82) is 0 Å². The van der Waals surface area contributed by atoms with Crippen LogP contribution in [-0.4, -0.2) is 11.4 Å². The molecule has 0 radical (unpaired) electrons. The second kappa shape index (κ2) is 8.88. The summed E-state index contributed by atoms with van der Waals surface area (Å²) < 4.78 is 0. The number of hydrogen-bond acceptors (Lipinski definition) is 3. The fraction of sp³-hybridized carbons (Fsp3) is 0.500. The summed E-state index contributed by atoms with van der Waals surface area (Å²) in [5.74, 6) is -1.08. The molecule has 0 aliphatic rings. The fourth-order valence-electron chi connectivity index (χ4n) is 0. The van der Waals surface area contributed by atoms with Gasteiger partial charge in [-0.05, 0) is 6.92 Å². The van der Waals surface area contributed by atoms with Crippen molar-refractivity contribution >= 4 is 5.97 Å². The van der Waals surface area contributed by atoms with Gasteiger partial charge in [-0.25, -0.2) is 0 Å². The summed E-state index contributed by atoms with van der Waals surface area (Å²) in [6, 6.07) is 0. The van der Waals surface area contributed by atoms with Crippen LogP contribution in [0.15, 0.2) is 0 Å². The maximum atomic E-state index is 8.89. The molecule has 0 saturated heterocycles. The zero-order chi connectivity index (χ0) is 3.58. The summed E-state index contributed by atoms with van der Waals surface area (Å²) in [5.41, 5.74) is 0. The molecule has 0 aliphatic carbocycles. The molecule has 0 aromatic heterocycles. The molecule has 0 spiro atoms. The Morgan fingerprint density at radius 3 is 1.67 bits per heavy atom. The van der Waals surface area contributed by atoms with Crippen molar-refractivity contribution in [2.24, 2.45) is 0 Å². The van der Waals surface area contributed by atoms with E-state index in [1.807, 2.05) is 0 Å². The number of hydrogen-bond donors (Lipinski definition) is 0. The van der Waals surface area contributed by atoms with E-state index in [1.54, 1.807) is 0 Å². The Morgan fingerprint density at radius 1 is 1.67 bits per heavy atom. The topological polar surface area (TPSA) is 70.1 Å². The smallest absolute Gasteiger partial charge is 0.870 e. The van der Waals surface area contributed by atoms with Crippen LogP contribution in [0, 0.1) is 0 Å².